The number of imidazole rings is 1. The minimum Gasteiger partial charge on any atom is -0.492 e. The molecule has 5 heteroatoms. The highest BCUT2D eigenvalue weighted by molar-refractivity contribution is 5.81. The first kappa shape index (κ1) is 19.0. The molecule has 0 unspecified atom stereocenters. The molecule has 142 valence electrons. The second kappa shape index (κ2) is 7.82. The minimum absolute atomic E-state index is 0.0112. The van der Waals surface area contributed by atoms with Crippen molar-refractivity contribution in [1.82, 2.24) is 14.9 Å². The summed E-state index contributed by atoms with van der Waals surface area (Å²) >= 11 is 0. The van der Waals surface area contributed by atoms with Gasteiger partial charge in [-0.15, -0.1) is 0 Å². The fraction of sp³-hybridized carbons (Fsp3) is 0.364. The number of fused-ring (bicyclic) bond motifs is 1. The largest absolute Gasteiger partial charge is 0.492 e. The molecule has 0 aliphatic carbocycles. The predicted octanol–water partition coefficient (Wildman–Crippen LogP) is 4.09. The maximum absolute atomic E-state index is 12.2. The highest BCUT2D eigenvalue weighted by Gasteiger charge is 2.21. The zero-order chi connectivity index (χ0) is 19.4. The Hall–Kier alpha value is -2.82. The molecule has 0 saturated heterocycles. The number of carbonyl (C=O) groups is 1. The van der Waals surface area contributed by atoms with Crippen LogP contribution in [0.5, 0.6) is 5.75 Å². The van der Waals surface area contributed by atoms with Crippen molar-refractivity contribution in [3.63, 3.8) is 0 Å². The molecule has 1 heterocycles. The van der Waals surface area contributed by atoms with Gasteiger partial charge in [0.2, 0.25) is 5.91 Å². The third kappa shape index (κ3) is 4.67. The van der Waals surface area contributed by atoms with E-state index in [9.17, 15) is 4.79 Å². The Kier molecular flexibility index (Phi) is 5.49. The van der Waals surface area contributed by atoms with Crippen LogP contribution in [0.25, 0.3) is 11.0 Å². The van der Waals surface area contributed by atoms with Gasteiger partial charge in [0.1, 0.15) is 18.2 Å². The first-order valence-electron chi connectivity index (χ1n) is 9.26. The molecule has 0 fully saturated rings. The summed E-state index contributed by atoms with van der Waals surface area (Å²) in [6.45, 7) is 9.35. The van der Waals surface area contributed by atoms with E-state index in [-0.39, 0.29) is 5.91 Å². The van der Waals surface area contributed by atoms with Crippen molar-refractivity contribution < 1.29 is 9.53 Å². The van der Waals surface area contributed by atoms with Crippen LogP contribution in [-0.2, 0) is 17.9 Å². The van der Waals surface area contributed by atoms with E-state index in [1.54, 1.807) is 0 Å². The van der Waals surface area contributed by atoms with Crippen LogP contribution in [0.3, 0.4) is 0 Å². The number of carbonyl (C=O) groups excluding carboxylic acids is 1. The lowest BCUT2D eigenvalue weighted by atomic mass is 9.96. The molecule has 5 nitrogen and oxygen atoms in total. The zero-order valence-electron chi connectivity index (χ0n) is 16.5. The highest BCUT2D eigenvalue weighted by Crippen LogP contribution is 2.18. The quantitative estimate of drug-likeness (QED) is 0.716. The van der Waals surface area contributed by atoms with Crippen molar-refractivity contribution >= 4 is 16.9 Å². The minimum atomic E-state index is -0.425. The van der Waals surface area contributed by atoms with Gasteiger partial charge in [-0.1, -0.05) is 45.0 Å². The topological polar surface area (TPSA) is 56.1 Å². The average molecular weight is 365 g/mol. The molecule has 2 aromatic carbocycles. The third-order valence-electron chi connectivity index (χ3n) is 4.40. The number of rotatable bonds is 6. The fourth-order valence-electron chi connectivity index (χ4n) is 2.89. The number of hydrogen-bond acceptors (Lipinski definition) is 3. The number of ether oxygens (including phenoxy) is 1. The number of para-hydroxylation sites is 2. The lowest BCUT2D eigenvalue weighted by Gasteiger charge is -2.18. The van der Waals surface area contributed by atoms with Gasteiger partial charge in [0.15, 0.2) is 0 Å². The van der Waals surface area contributed by atoms with Crippen molar-refractivity contribution in [2.24, 2.45) is 5.41 Å². The molecule has 0 saturated carbocycles. The van der Waals surface area contributed by atoms with Gasteiger partial charge >= 0.3 is 0 Å². The van der Waals surface area contributed by atoms with Crippen molar-refractivity contribution in [1.29, 1.82) is 0 Å². The molecule has 27 heavy (non-hydrogen) atoms. The van der Waals surface area contributed by atoms with Gasteiger partial charge in [-0.3, -0.25) is 4.79 Å². The summed E-state index contributed by atoms with van der Waals surface area (Å²) in [5, 5.41) is 2.99. The summed E-state index contributed by atoms with van der Waals surface area (Å²) in [6.07, 6.45) is 0. The smallest absolute Gasteiger partial charge is 0.225 e. The Balaban J connectivity index is 1.75. The highest BCUT2D eigenvalue weighted by atomic mass is 16.5. The van der Waals surface area contributed by atoms with E-state index in [2.05, 4.69) is 9.88 Å². The molecule has 0 aliphatic rings. The molecule has 1 N–H and O–H groups in total. The summed E-state index contributed by atoms with van der Waals surface area (Å²) in [7, 11) is 0. The molecule has 1 aromatic heterocycles. The van der Waals surface area contributed by atoms with E-state index >= 15 is 0 Å². The molecule has 0 spiro atoms. The summed E-state index contributed by atoms with van der Waals surface area (Å²) in [5.74, 6) is 1.71. The SMILES string of the molecule is Cc1cccc(OCCn2c(CNC(=O)C(C)(C)C)nc3ccccc32)c1. The number of aryl methyl sites for hydroxylation is 1. The Morgan fingerprint density at radius 3 is 2.67 bits per heavy atom. The molecule has 0 radical (unpaired) electrons. The molecule has 1 amide bonds. The number of nitrogens with zero attached hydrogens (tertiary/aromatic N) is 2. The summed E-state index contributed by atoms with van der Waals surface area (Å²) < 4.78 is 8.03. The molecular weight excluding hydrogens is 338 g/mol. The zero-order valence-corrected chi connectivity index (χ0v) is 16.5. The van der Waals surface area contributed by atoms with Crippen LogP contribution in [0.4, 0.5) is 0 Å². The van der Waals surface area contributed by atoms with Gasteiger partial charge in [0, 0.05) is 5.41 Å². The molecule has 3 rings (SSSR count). The van der Waals surface area contributed by atoms with Crippen LogP contribution in [0, 0.1) is 12.3 Å². The van der Waals surface area contributed by atoms with Crippen LogP contribution < -0.4 is 10.1 Å². The average Bonchev–Trinajstić information content (AvgIpc) is 2.97. The summed E-state index contributed by atoms with van der Waals surface area (Å²) in [4.78, 5) is 16.9. The Morgan fingerprint density at radius 1 is 1.15 bits per heavy atom. The first-order valence-corrected chi connectivity index (χ1v) is 9.26. The molecule has 0 atom stereocenters. The number of benzene rings is 2. The van der Waals surface area contributed by atoms with Crippen LogP contribution in [0.1, 0.15) is 32.2 Å². The number of aromatic nitrogens is 2. The van der Waals surface area contributed by atoms with Gasteiger partial charge in [-0.05, 0) is 36.8 Å². The van der Waals surface area contributed by atoms with Crippen LogP contribution in [0.15, 0.2) is 48.5 Å². The van der Waals surface area contributed by atoms with Gasteiger partial charge < -0.3 is 14.6 Å². The Bertz CT molecular complexity index is 938. The Morgan fingerprint density at radius 2 is 1.93 bits per heavy atom. The molecule has 3 aromatic rings. The van der Waals surface area contributed by atoms with E-state index in [1.165, 1.54) is 5.56 Å². The monoisotopic (exact) mass is 365 g/mol. The normalized spacial score (nSPS) is 11.6. The lowest BCUT2D eigenvalue weighted by molar-refractivity contribution is -0.128. The van der Waals surface area contributed by atoms with E-state index < -0.39 is 5.41 Å². The third-order valence-corrected chi connectivity index (χ3v) is 4.40. The van der Waals surface area contributed by atoms with Crippen LogP contribution in [-0.4, -0.2) is 22.1 Å². The lowest BCUT2D eigenvalue weighted by Crippen LogP contribution is -2.35. The second-order valence-corrected chi connectivity index (χ2v) is 7.77. The number of nitrogens with one attached hydrogen (secondary N) is 1. The van der Waals surface area contributed by atoms with Crippen molar-refractivity contribution in [2.75, 3.05) is 6.61 Å². The molecular formula is C22H27N3O2. The molecule has 0 bridgehead atoms. The number of amides is 1. The van der Waals surface area contributed by atoms with E-state index in [0.717, 1.165) is 22.6 Å². The second-order valence-electron chi connectivity index (χ2n) is 7.77. The maximum atomic E-state index is 12.2. The van der Waals surface area contributed by atoms with Gasteiger partial charge in [0.25, 0.3) is 0 Å². The summed E-state index contributed by atoms with van der Waals surface area (Å²) in [5.41, 5.74) is 2.72. The van der Waals surface area contributed by atoms with Gasteiger partial charge in [-0.2, -0.15) is 0 Å². The van der Waals surface area contributed by atoms with Crippen LogP contribution >= 0.6 is 0 Å². The van der Waals surface area contributed by atoms with E-state index in [4.69, 9.17) is 9.72 Å². The van der Waals surface area contributed by atoms with Crippen molar-refractivity contribution in [3.05, 3.63) is 59.9 Å². The predicted molar refractivity (Wildman–Crippen MR) is 108 cm³/mol. The fourth-order valence-corrected chi connectivity index (χ4v) is 2.89. The van der Waals surface area contributed by atoms with E-state index in [1.807, 2.05) is 76.2 Å². The summed E-state index contributed by atoms with van der Waals surface area (Å²) in [6, 6.07) is 16.0. The maximum Gasteiger partial charge on any atom is 0.225 e. The van der Waals surface area contributed by atoms with Gasteiger partial charge in [-0.25, -0.2) is 4.98 Å². The van der Waals surface area contributed by atoms with Crippen molar-refractivity contribution in [3.8, 4) is 5.75 Å². The van der Waals surface area contributed by atoms with Crippen LogP contribution in [0.2, 0.25) is 0 Å². The first-order chi connectivity index (χ1) is 12.8. The Labute approximate surface area is 160 Å². The van der Waals surface area contributed by atoms with Gasteiger partial charge in [0.05, 0.1) is 24.1 Å². The number of hydrogen-bond donors (Lipinski definition) is 1. The van der Waals surface area contributed by atoms with E-state index in [0.29, 0.717) is 19.7 Å². The standard InChI is InChI=1S/C22H27N3O2/c1-16-8-7-9-17(14-16)27-13-12-25-19-11-6-5-10-18(19)24-20(25)15-23-21(26)22(2,3)4/h5-11,14H,12-13,15H2,1-4H3,(H,23,26). The van der Waals surface area contributed by atoms with Crippen molar-refractivity contribution in [2.45, 2.75) is 40.8 Å². The molecule has 0 aliphatic heterocycles.